The molecule has 1 aliphatic rings. The van der Waals surface area contributed by atoms with Gasteiger partial charge in [-0.05, 0) is 56.1 Å². The van der Waals surface area contributed by atoms with Gasteiger partial charge in [-0.25, -0.2) is 0 Å². The second-order valence-electron chi connectivity index (χ2n) is 6.51. The van der Waals surface area contributed by atoms with Crippen molar-refractivity contribution in [3.63, 3.8) is 0 Å². The van der Waals surface area contributed by atoms with Crippen molar-refractivity contribution in [2.24, 2.45) is 11.8 Å². The number of para-hydroxylation sites is 1. The number of hydrogen-bond acceptors (Lipinski definition) is 1. The van der Waals surface area contributed by atoms with E-state index in [2.05, 4.69) is 61.7 Å². The SMILES string of the molecule is C=CCC1CCC(c2ccc3ccccc3n2)CC1CC=C. The molecular weight excluding hydrogens is 266 g/mol. The zero-order valence-corrected chi connectivity index (χ0v) is 13.2. The molecule has 1 aromatic carbocycles. The third-order valence-electron chi connectivity index (χ3n) is 5.12. The van der Waals surface area contributed by atoms with Gasteiger partial charge >= 0.3 is 0 Å². The lowest BCUT2D eigenvalue weighted by Gasteiger charge is -2.35. The van der Waals surface area contributed by atoms with Crippen LogP contribution in [0.15, 0.2) is 61.7 Å². The monoisotopic (exact) mass is 291 g/mol. The molecule has 3 atom stereocenters. The summed E-state index contributed by atoms with van der Waals surface area (Å²) in [5, 5.41) is 1.23. The van der Waals surface area contributed by atoms with Crippen molar-refractivity contribution in [1.82, 2.24) is 4.98 Å². The number of fused-ring (bicyclic) bond motifs is 1. The average molecular weight is 291 g/mol. The molecule has 0 spiro atoms. The van der Waals surface area contributed by atoms with Crippen molar-refractivity contribution in [1.29, 1.82) is 0 Å². The van der Waals surface area contributed by atoms with E-state index in [0.29, 0.717) is 5.92 Å². The van der Waals surface area contributed by atoms with Gasteiger partial charge in [0.25, 0.3) is 0 Å². The maximum absolute atomic E-state index is 4.92. The molecule has 0 amide bonds. The lowest BCUT2D eigenvalue weighted by Crippen LogP contribution is -2.24. The summed E-state index contributed by atoms with van der Waals surface area (Å²) in [5.41, 5.74) is 2.39. The smallest absolute Gasteiger partial charge is 0.0705 e. The minimum absolute atomic E-state index is 0.593. The molecule has 3 rings (SSSR count). The molecule has 114 valence electrons. The minimum Gasteiger partial charge on any atom is -0.253 e. The van der Waals surface area contributed by atoms with Gasteiger partial charge in [0.05, 0.1) is 5.52 Å². The summed E-state index contributed by atoms with van der Waals surface area (Å²) in [7, 11) is 0. The highest BCUT2D eigenvalue weighted by Gasteiger charge is 2.30. The van der Waals surface area contributed by atoms with Crippen molar-refractivity contribution in [3.05, 3.63) is 67.4 Å². The quantitative estimate of drug-likeness (QED) is 0.626. The number of aromatic nitrogens is 1. The fourth-order valence-corrected chi connectivity index (χ4v) is 3.93. The lowest BCUT2D eigenvalue weighted by atomic mass is 9.70. The van der Waals surface area contributed by atoms with Gasteiger partial charge in [0.2, 0.25) is 0 Å². The summed E-state index contributed by atoms with van der Waals surface area (Å²) in [6.45, 7) is 7.87. The van der Waals surface area contributed by atoms with Crippen molar-refractivity contribution in [2.45, 2.75) is 38.0 Å². The summed E-state index contributed by atoms with van der Waals surface area (Å²) < 4.78 is 0. The Bertz CT molecular complexity index is 658. The van der Waals surface area contributed by atoms with Crippen LogP contribution in [0.3, 0.4) is 0 Å². The topological polar surface area (TPSA) is 12.9 Å². The Morgan fingerprint density at radius 2 is 1.73 bits per heavy atom. The van der Waals surface area contributed by atoms with Crippen LogP contribution >= 0.6 is 0 Å². The van der Waals surface area contributed by atoms with Gasteiger partial charge in [-0.3, -0.25) is 4.98 Å². The van der Waals surface area contributed by atoms with Gasteiger partial charge in [0.1, 0.15) is 0 Å². The van der Waals surface area contributed by atoms with E-state index in [0.717, 1.165) is 30.2 Å². The van der Waals surface area contributed by atoms with Crippen molar-refractivity contribution in [3.8, 4) is 0 Å². The van der Waals surface area contributed by atoms with E-state index in [4.69, 9.17) is 4.98 Å². The summed E-state index contributed by atoms with van der Waals surface area (Å²) in [6, 6.07) is 12.8. The Morgan fingerprint density at radius 3 is 2.55 bits per heavy atom. The van der Waals surface area contributed by atoms with E-state index in [1.807, 2.05) is 0 Å². The maximum atomic E-state index is 4.92. The van der Waals surface area contributed by atoms with E-state index < -0.39 is 0 Å². The molecule has 0 saturated heterocycles. The van der Waals surface area contributed by atoms with Crippen LogP contribution in [0.2, 0.25) is 0 Å². The fourth-order valence-electron chi connectivity index (χ4n) is 3.93. The van der Waals surface area contributed by atoms with Gasteiger partial charge < -0.3 is 0 Å². The molecule has 1 aromatic heterocycles. The second kappa shape index (κ2) is 6.91. The Labute approximate surface area is 133 Å². The Morgan fingerprint density at radius 1 is 0.955 bits per heavy atom. The van der Waals surface area contributed by atoms with Gasteiger partial charge in [0, 0.05) is 17.0 Å². The van der Waals surface area contributed by atoms with Crippen LogP contribution in [0.4, 0.5) is 0 Å². The number of hydrogen-bond donors (Lipinski definition) is 0. The standard InChI is InChI=1S/C21H25N/c1-3-7-16-11-12-19(15-18(16)8-4-2)21-14-13-17-9-5-6-10-20(17)22-21/h3-6,9-10,13-14,16,18-19H,1-2,7-8,11-12,15H2. The molecule has 2 aromatic rings. The third-order valence-corrected chi connectivity index (χ3v) is 5.12. The minimum atomic E-state index is 0.593. The van der Waals surface area contributed by atoms with Crippen LogP contribution in [-0.2, 0) is 0 Å². The van der Waals surface area contributed by atoms with Crippen molar-refractivity contribution in [2.75, 3.05) is 0 Å². The normalized spacial score (nSPS) is 25.0. The van der Waals surface area contributed by atoms with E-state index in [1.165, 1.54) is 30.3 Å². The predicted octanol–water partition coefficient (Wildman–Crippen LogP) is 5.89. The van der Waals surface area contributed by atoms with E-state index in [9.17, 15) is 0 Å². The number of nitrogens with zero attached hydrogens (tertiary/aromatic N) is 1. The zero-order chi connectivity index (χ0) is 15.4. The number of benzene rings is 1. The first-order chi connectivity index (χ1) is 10.8. The first kappa shape index (κ1) is 15.0. The van der Waals surface area contributed by atoms with Crippen LogP contribution in [-0.4, -0.2) is 4.98 Å². The zero-order valence-electron chi connectivity index (χ0n) is 13.2. The van der Waals surface area contributed by atoms with Crippen LogP contribution < -0.4 is 0 Å². The molecule has 0 bridgehead atoms. The van der Waals surface area contributed by atoms with Crippen molar-refractivity contribution < 1.29 is 0 Å². The molecule has 0 N–H and O–H groups in total. The van der Waals surface area contributed by atoms with Gasteiger partial charge in [0.15, 0.2) is 0 Å². The van der Waals surface area contributed by atoms with Crippen molar-refractivity contribution >= 4 is 10.9 Å². The van der Waals surface area contributed by atoms with Gasteiger partial charge in [-0.2, -0.15) is 0 Å². The molecule has 1 heteroatoms. The van der Waals surface area contributed by atoms with Gasteiger partial charge in [-0.15, -0.1) is 13.2 Å². The molecule has 0 aliphatic heterocycles. The summed E-state index contributed by atoms with van der Waals surface area (Å²) >= 11 is 0. The number of pyridine rings is 1. The van der Waals surface area contributed by atoms with E-state index in [1.54, 1.807) is 0 Å². The third kappa shape index (κ3) is 3.14. The maximum Gasteiger partial charge on any atom is 0.0705 e. The highest BCUT2D eigenvalue weighted by atomic mass is 14.7. The molecule has 1 heterocycles. The highest BCUT2D eigenvalue weighted by molar-refractivity contribution is 5.78. The number of rotatable bonds is 5. The molecule has 1 aliphatic carbocycles. The molecule has 1 fully saturated rings. The van der Waals surface area contributed by atoms with E-state index >= 15 is 0 Å². The summed E-state index contributed by atoms with van der Waals surface area (Å²) in [4.78, 5) is 4.92. The van der Waals surface area contributed by atoms with Gasteiger partial charge in [-0.1, -0.05) is 36.4 Å². The van der Waals surface area contributed by atoms with E-state index in [-0.39, 0.29) is 0 Å². The predicted molar refractivity (Wildman–Crippen MR) is 94.9 cm³/mol. The molecule has 1 nitrogen and oxygen atoms in total. The molecule has 22 heavy (non-hydrogen) atoms. The van der Waals surface area contributed by atoms with Crippen LogP contribution in [0, 0.1) is 11.8 Å². The first-order valence-electron chi connectivity index (χ1n) is 8.39. The molecule has 3 unspecified atom stereocenters. The first-order valence-corrected chi connectivity index (χ1v) is 8.39. The molecular formula is C21H25N. The Hall–Kier alpha value is -1.89. The average Bonchev–Trinajstić information content (AvgIpc) is 2.56. The molecule has 0 radical (unpaired) electrons. The largest absolute Gasteiger partial charge is 0.253 e. The summed E-state index contributed by atoms with van der Waals surface area (Å²) in [5.74, 6) is 2.09. The number of allylic oxidation sites excluding steroid dienone is 2. The van der Waals surface area contributed by atoms with Crippen LogP contribution in [0.25, 0.3) is 10.9 Å². The lowest BCUT2D eigenvalue weighted by molar-refractivity contribution is 0.216. The highest BCUT2D eigenvalue weighted by Crippen LogP contribution is 2.42. The van der Waals surface area contributed by atoms with Crippen LogP contribution in [0.5, 0.6) is 0 Å². The molecule has 1 saturated carbocycles. The Kier molecular flexibility index (Phi) is 4.72. The second-order valence-corrected chi connectivity index (χ2v) is 6.51. The summed E-state index contributed by atoms with van der Waals surface area (Å²) in [6.07, 6.45) is 10.2. The fraction of sp³-hybridized carbons (Fsp3) is 0.381. The Balaban J connectivity index is 1.81. The van der Waals surface area contributed by atoms with Crippen LogP contribution in [0.1, 0.15) is 43.7 Å².